The number of carbonyl (C=O) groups is 1. The number of ether oxygens (including phenoxy) is 1. The molecule has 1 aliphatic rings. The quantitative estimate of drug-likeness (QED) is 0.570. The first-order valence-corrected chi connectivity index (χ1v) is 10.1. The fraction of sp³-hybridized carbons (Fsp3) is 0.409. The molecule has 1 aliphatic carbocycles. The van der Waals surface area contributed by atoms with Crippen LogP contribution in [-0.2, 0) is 4.74 Å². The van der Waals surface area contributed by atoms with Crippen molar-refractivity contribution < 1.29 is 9.53 Å². The summed E-state index contributed by atoms with van der Waals surface area (Å²) >= 11 is 12.3. The Bertz CT molecular complexity index is 893. The number of hydrogen-bond donors (Lipinski definition) is 1. The molecule has 0 heterocycles. The van der Waals surface area contributed by atoms with E-state index in [0.717, 1.165) is 29.5 Å². The second-order valence-corrected chi connectivity index (χ2v) is 9.11. The highest BCUT2D eigenvalue weighted by atomic mass is 35.5. The van der Waals surface area contributed by atoms with Crippen LogP contribution in [0.2, 0.25) is 10.0 Å². The summed E-state index contributed by atoms with van der Waals surface area (Å²) in [5, 5.41) is 1.09. The molecule has 0 radical (unpaired) electrons. The lowest BCUT2D eigenvalue weighted by molar-refractivity contribution is 0.0202. The molecule has 6 heteroatoms. The predicted molar refractivity (Wildman–Crippen MR) is 115 cm³/mol. The average Bonchev–Trinajstić information content (AvgIpc) is 2.61. The number of rotatable bonds is 2. The van der Waals surface area contributed by atoms with Gasteiger partial charge in [-0.25, -0.2) is 4.79 Å². The van der Waals surface area contributed by atoms with E-state index in [1.165, 1.54) is 0 Å². The molecular weight excluding hydrogens is 395 g/mol. The first-order valence-electron chi connectivity index (χ1n) is 9.37. The van der Waals surface area contributed by atoms with Gasteiger partial charge in [0.05, 0.1) is 16.1 Å². The summed E-state index contributed by atoms with van der Waals surface area (Å²) in [5.74, 6) is 0.175. The Labute approximate surface area is 176 Å². The summed E-state index contributed by atoms with van der Waals surface area (Å²) in [4.78, 5) is 14.3. The van der Waals surface area contributed by atoms with E-state index in [1.807, 2.05) is 57.2 Å². The number of fused-ring (bicyclic) bond motifs is 1. The maximum Gasteiger partial charge on any atom is 0.410 e. The van der Waals surface area contributed by atoms with Crippen LogP contribution >= 0.6 is 23.2 Å². The number of amides is 1. The number of carbonyl (C=O) groups excluding carboxylic acids is 1. The van der Waals surface area contributed by atoms with Crippen LogP contribution in [0.25, 0.3) is 0 Å². The monoisotopic (exact) mass is 420 g/mol. The zero-order chi connectivity index (χ0) is 20.6. The zero-order valence-corrected chi connectivity index (χ0v) is 18.1. The standard InChI is InChI=1S/C22H26Cl2N2O2/c1-22(2,3)28-21(27)26(4)20-10-8-15(13-5-9-18(23)19(24)11-13)16-7-6-14(25)12-17(16)20/h5-7,9,11-12,15,20H,8,10,25H2,1-4H3/t15-,20-/m0/s1. The summed E-state index contributed by atoms with van der Waals surface area (Å²) in [6.45, 7) is 5.60. The van der Waals surface area contributed by atoms with Crippen molar-refractivity contribution in [2.24, 2.45) is 0 Å². The van der Waals surface area contributed by atoms with Gasteiger partial charge in [-0.2, -0.15) is 0 Å². The van der Waals surface area contributed by atoms with Gasteiger partial charge in [0.2, 0.25) is 0 Å². The summed E-state index contributed by atoms with van der Waals surface area (Å²) in [7, 11) is 1.78. The van der Waals surface area contributed by atoms with Crippen molar-refractivity contribution in [2.45, 2.75) is 51.2 Å². The lowest BCUT2D eigenvalue weighted by Gasteiger charge is -2.37. The Hall–Kier alpha value is -1.91. The molecule has 2 atom stereocenters. The predicted octanol–water partition coefficient (Wildman–Crippen LogP) is 6.41. The largest absolute Gasteiger partial charge is 0.444 e. The smallest absolute Gasteiger partial charge is 0.410 e. The maximum atomic E-state index is 12.6. The van der Waals surface area contributed by atoms with E-state index in [-0.39, 0.29) is 18.1 Å². The van der Waals surface area contributed by atoms with Crippen molar-refractivity contribution in [1.82, 2.24) is 4.90 Å². The Morgan fingerprint density at radius 3 is 2.43 bits per heavy atom. The third kappa shape index (κ3) is 4.39. The van der Waals surface area contributed by atoms with Crippen LogP contribution in [0.3, 0.4) is 0 Å². The lowest BCUT2D eigenvalue weighted by atomic mass is 9.76. The van der Waals surface area contributed by atoms with Crippen molar-refractivity contribution in [3.8, 4) is 0 Å². The van der Waals surface area contributed by atoms with Gasteiger partial charge in [-0.3, -0.25) is 0 Å². The molecule has 4 nitrogen and oxygen atoms in total. The summed E-state index contributed by atoms with van der Waals surface area (Å²) in [6, 6.07) is 11.6. The molecule has 150 valence electrons. The van der Waals surface area contributed by atoms with Crippen molar-refractivity contribution in [1.29, 1.82) is 0 Å². The van der Waals surface area contributed by atoms with Gasteiger partial charge in [0.15, 0.2) is 0 Å². The van der Waals surface area contributed by atoms with Gasteiger partial charge in [0, 0.05) is 18.7 Å². The third-order valence-corrected chi connectivity index (χ3v) is 5.81. The van der Waals surface area contributed by atoms with Gasteiger partial charge >= 0.3 is 6.09 Å². The van der Waals surface area contributed by atoms with Gasteiger partial charge in [0.25, 0.3) is 0 Å². The van der Waals surface area contributed by atoms with E-state index in [4.69, 9.17) is 33.7 Å². The molecule has 2 aromatic rings. The minimum Gasteiger partial charge on any atom is -0.444 e. The van der Waals surface area contributed by atoms with E-state index in [0.29, 0.717) is 15.7 Å². The minimum absolute atomic E-state index is 0.0904. The highest BCUT2D eigenvalue weighted by molar-refractivity contribution is 6.42. The van der Waals surface area contributed by atoms with Gasteiger partial charge in [-0.05, 0) is 74.6 Å². The van der Waals surface area contributed by atoms with Gasteiger partial charge in [0.1, 0.15) is 5.60 Å². The lowest BCUT2D eigenvalue weighted by Crippen LogP contribution is -2.38. The Kier molecular flexibility index (Phi) is 5.83. The molecule has 0 aromatic heterocycles. The SMILES string of the molecule is CN(C(=O)OC(C)(C)C)[C@H]1CC[C@@H](c2ccc(Cl)c(Cl)c2)c2ccc(N)cc21. The summed E-state index contributed by atoms with van der Waals surface area (Å²) in [6.07, 6.45) is 1.35. The Morgan fingerprint density at radius 2 is 1.79 bits per heavy atom. The van der Waals surface area contributed by atoms with Crippen molar-refractivity contribution in [2.75, 3.05) is 12.8 Å². The molecule has 0 saturated carbocycles. The van der Waals surface area contributed by atoms with Crippen LogP contribution < -0.4 is 5.73 Å². The number of halogens is 2. The number of benzene rings is 2. The van der Waals surface area contributed by atoms with Crippen LogP contribution in [0.15, 0.2) is 36.4 Å². The van der Waals surface area contributed by atoms with Crippen LogP contribution in [0, 0.1) is 0 Å². The highest BCUT2D eigenvalue weighted by Crippen LogP contribution is 2.45. The molecule has 0 unspecified atom stereocenters. The highest BCUT2D eigenvalue weighted by Gasteiger charge is 2.34. The average molecular weight is 421 g/mol. The van der Waals surface area contributed by atoms with Gasteiger partial charge in [-0.1, -0.05) is 35.3 Å². The first-order chi connectivity index (χ1) is 13.1. The van der Waals surface area contributed by atoms with E-state index < -0.39 is 5.60 Å². The molecule has 0 saturated heterocycles. The van der Waals surface area contributed by atoms with Gasteiger partial charge in [-0.15, -0.1) is 0 Å². The van der Waals surface area contributed by atoms with Crippen molar-refractivity contribution >= 4 is 35.0 Å². The van der Waals surface area contributed by atoms with Crippen LogP contribution in [0.5, 0.6) is 0 Å². The molecule has 28 heavy (non-hydrogen) atoms. The van der Waals surface area contributed by atoms with E-state index in [9.17, 15) is 4.79 Å². The fourth-order valence-electron chi connectivity index (χ4n) is 3.77. The van der Waals surface area contributed by atoms with Crippen molar-refractivity contribution in [3.63, 3.8) is 0 Å². The second kappa shape index (κ2) is 7.84. The number of nitrogens with zero attached hydrogens (tertiary/aromatic N) is 1. The van der Waals surface area contributed by atoms with Crippen LogP contribution in [0.1, 0.15) is 62.3 Å². The van der Waals surface area contributed by atoms with E-state index in [1.54, 1.807) is 11.9 Å². The number of nitrogen functional groups attached to an aromatic ring is 1. The molecule has 0 aliphatic heterocycles. The minimum atomic E-state index is -0.541. The third-order valence-electron chi connectivity index (χ3n) is 5.07. The molecule has 0 fully saturated rings. The summed E-state index contributed by atoms with van der Waals surface area (Å²) < 4.78 is 5.56. The van der Waals surface area contributed by atoms with E-state index in [2.05, 4.69) is 0 Å². The molecule has 2 aromatic carbocycles. The number of nitrogens with two attached hydrogens (primary N) is 1. The zero-order valence-electron chi connectivity index (χ0n) is 16.6. The Morgan fingerprint density at radius 1 is 1.07 bits per heavy atom. The van der Waals surface area contributed by atoms with Crippen LogP contribution in [0.4, 0.5) is 10.5 Å². The number of hydrogen-bond acceptors (Lipinski definition) is 3. The summed E-state index contributed by atoms with van der Waals surface area (Å²) in [5.41, 5.74) is 9.53. The second-order valence-electron chi connectivity index (χ2n) is 8.30. The Balaban J connectivity index is 1.97. The topological polar surface area (TPSA) is 55.6 Å². The van der Waals surface area contributed by atoms with Gasteiger partial charge < -0.3 is 15.4 Å². The maximum absolute atomic E-state index is 12.6. The molecule has 3 rings (SSSR count). The molecule has 1 amide bonds. The fourth-order valence-corrected chi connectivity index (χ4v) is 4.08. The molecule has 0 bridgehead atoms. The first kappa shape index (κ1) is 20.8. The number of anilines is 1. The van der Waals surface area contributed by atoms with E-state index >= 15 is 0 Å². The molecule has 0 spiro atoms. The molecule has 2 N–H and O–H groups in total. The van der Waals surface area contributed by atoms with Crippen molar-refractivity contribution in [3.05, 3.63) is 63.1 Å². The molecular formula is C22H26Cl2N2O2. The van der Waals surface area contributed by atoms with Crippen LogP contribution in [-0.4, -0.2) is 23.6 Å². The normalized spacial score (nSPS) is 19.1.